The Labute approximate surface area is 174 Å². The first-order valence-electron chi connectivity index (χ1n) is 9.72. The van der Waals surface area contributed by atoms with E-state index < -0.39 is 10.8 Å². The molecule has 1 saturated heterocycles. The Bertz CT molecular complexity index is 893. The van der Waals surface area contributed by atoms with Gasteiger partial charge in [-0.2, -0.15) is 0 Å². The van der Waals surface area contributed by atoms with Crippen molar-refractivity contribution < 1.29 is 13.8 Å². The molecule has 7 heteroatoms. The maximum atomic E-state index is 12.5. The van der Waals surface area contributed by atoms with Gasteiger partial charge in [0, 0.05) is 48.4 Å². The number of aryl methyl sites for hydroxylation is 2. The molecule has 1 atom stereocenters. The molecule has 1 heterocycles. The fraction of sp³-hybridized carbons (Fsp3) is 0.364. The van der Waals surface area contributed by atoms with Gasteiger partial charge in [0.1, 0.15) is 11.5 Å². The summed E-state index contributed by atoms with van der Waals surface area (Å²) in [5, 5.41) is 2.75. The van der Waals surface area contributed by atoms with Crippen molar-refractivity contribution >= 4 is 34.0 Å². The highest BCUT2D eigenvalue weighted by Gasteiger charge is 2.23. The standard InChI is InChI=1S/C22H27N3O3S/c1-17-8-9-19(14-18(17)2)23-21(26)15-29(28)16-22(27)25-12-10-24(11-13-25)20-6-4-3-5-7-20/h3-9,14H,10-13,15-16H2,1-2H3,(H,23,26)/t29-/m0/s1. The lowest BCUT2D eigenvalue weighted by molar-refractivity contribution is -0.128. The molecule has 29 heavy (non-hydrogen) atoms. The van der Waals surface area contributed by atoms with Gasteiger partial charge in [-0.3, -0.25) is 13.8 Å². The van der Waals surface area contributed by atoms with Crippen molar-refractivity contribution in [1.82, 2.24) is 4.90 Å². The van der Waals surface area contributed by atoms with Gasteiger partial charge in [0.05, 0.1) is 0 Å². The smallest absolute Gasteiger partial charge is 0.237 e. The van der Waals surface area contributed by atoms with E-state index in [4.69, 9.17) is 0 Å². The Balaban J connectivity index is 1.44. The van der Waals surface area contributed by atoms with Crippen LogP contribution in [0.15, 0.2) is 48.5 Å². The van der Waals surface area contributed by atoms with Crippen LogP contribution in [0.2, 0.25) is 0 Å². The number of para-hydroxylation sites is 1. The predicted octanol–water partition coefficient (Wildman–Crippen LogP) is 2.34. The van der Waals surface area contributed by atoms with Crippen LogP contribution < -0.4 is 10.2 Å². The minimum atomic E-state index is -1.53. The van der Waals surface area contributed by atoms with Crippen LogP contribution in [0, 0.1) is 13.8 Å². The van der Waals surface area contributed by atoms with Crippen molar-refractivity contribution in [2.45, 2.75) is 13.8 Å². The van der Waals surface area contributed by atoms with Crippen LogP contribution in [0.5, 0.6) is 0 Å². The molecule has 1 N–H and O–H groups in total. The molecule has 0 spiro atoms. The molecule has 2 aromatic carbocycles. The van der Waals surface area contributed by atoms with Gasteiger partial charge in [-0.05, 0) is 49.2 Å². The third-order valence-electron chi connectivity index (χ3n) is 5.12. The summed E-state index contributed by atoms with van der Waals surface area (Å²) in [6, 6.07) is 15.7. The highest BCUT2D eigenvalue weighted by molar-refractivity contribution is 7.86. The van der Waals surface area contributed by atoms with Crippen LogP contribution >= 0.6 is 0 Å². The summed E-state index contributed by atoms with van der Waals surface area (Å²) in [6.45, 7) is 6.66. The van der Waals surface area contributed by atoms with Crippen molar-refractivity contribution in [2.75, 3.05) is 47.9 Å². The van der Waals surface area contributed by atoms with Crippen LogP contribution in [0.4, 0.5) is 11.4 Å². The normalized spacial score (nSPS) is 15.1. The van der Waals surface area contributed by atoms with Gasteiger partial charge < -0.3 is 15.1 Å². The van der Waals surface area contributed by atoms with Gasteiger partial charge in [0.2, 0.25) is 11.8 Å². The van der Waals surface area contributed by atoms with E-state index >= 15 is 0 Å². The summed E-state index contributed by atoms with van der Waals surface area (Å²) < 4.78 is 12.3. The zero-order chi connectivity index (χ0) is 20.8. The van der Waals surface area contributed by atoms with Crippen molar-refractivity contribution in [1.29, 1.82) is 0 Å². The number of hydrogen-bond donors (Lipinski definition) is 1. The fourth-order valence-corrected chi connectivity index (χ4v) is 4.22. The molecule has 1 fully saturated rings. The predicted molar refractivity (Wildman–Crippen MR) is 118 cm³/mol. The third kappa shape index (κ3) is 5.90. The Morgan fingerprint density at radius 3 is 2.28 bits per heavy atom. The number of nitrogens with zero attached hydrogens (tertiary/aromatic N) is 2. The first-order chi connectivity index (χ1) is 13.9. The fourth-order valence-electron chi connectivity index (χ4n) is 3.30. The molecule has 0 aromatic heterocycles. The molecule has 1 aliphatic rings. The van der Waals surface area contributed by atoms with Crippen LogP contribution in [-0.2, 0) is 20.4 Å². The number of rotatable bonds is 6. The number of carbonyl (C=O) groups excluding carboxylic acids is 2. The second kappa shape index (κ2) is 9.69. The maximum Gasteiger partial charge on any atom is 0.237 e. The Hall–Kier alpha value is -2.67. The van der Waals surface area contributed by atoms with Gasteiger partial charge in [-0.1, -0.05) is 24.3 Å². The number of carbonyl (C=O) groups is 2. The molecule has 0 aliphatic carbocycles. The average Bonchev–Trinajstić information content (AvgIpc) is 2.71. The summed E-state index contributed by atoms with van der Waals surface area (Å²) in [4.78, 5) is 28.6. The van der Waals surface area contributed by atoms with Crippen molar-refractivity contribution in [2.24, 2.45) is 0 Å². The largest absolute Gasteiger partial charge is 0.368 e. The van der Waals surface area contributed by atoms with Crippen LogP contribution in [0.25, 0.3) is 0 Å². The average molecular weight is 414 g/mol. The second-order valence-corrected chi connectivity index (χ2v) is 8.74. The highest BCUT2D eigenvalue weighted by Crippen LogP contribution is 2.16. The molecule has 2 amide bonds. The zero-order valence-electron chi connectivity index (χ0n) is 16.9. The van der Waals surface area contributed by atoms with E-state index in [9.17, 15) is 13.8 Å². The first-order valence-corrected chi connectivity index (χ1v) is 11.2. The lowest BCUT2D eigenvalue weighted by Gasteiger charge is -2.36. The van der Waals surface area contributed by atoms with Gasteiger partial charge in [0.25, 0.3) is 0 Å². The molecule has 6 nitrogen and oxygen atoms in total. The number of piperazine rings is 1. The van der Waals surface area contributed by atoms with Gasteiger partial charge >= 0.3 is 0 Å². The van der Waals surface area contributed by atoms with Crippen LogP contribution in [0.3, 0.4) is 0 Å². The third-order valence-corrected chi connectivity index (χ3v) is 6.27. The van der Waals surface area contributed by atoms with E-state index in [0.29, 0.717) is 18.8 Å². The lowest BCUT2D eigenvalue weighted by Crippen LogP contribution is -2.50. The molecule has 0 saturated carbocycles. The number of amides is 2. The molecule has 2 aromatic rings. The van der Waals surface area contributed by atoms with E-state index in [1.165, 1.54) is 0 Å². The van der Waals surface area contributed by atoms with Crippen LogP contribution in [0.1, 0.15) is 11.1 Å². The molecule has 1 aliphatic heterocycles. The minimum Gasteiger partial charge on any atom is -0.368 e. The SMILES string of the molecule is Cc1ccc(NC(=O)C[S@](=O)CC(=O)N2CCN(c3ccccc3)CC2)cc1C. The molecular formula is C22H27N3O3S. The molecule has 0 bridgehead atoms. The van der Waals surface area contributed by atoms with E-state index in [0.717, 1.165) is 29.9 Å². The Kier molecular flexibility index (Phi) is 7.04. The van der Waals surface area contributed by atoms with Gasteiger partial charge in [0.15, 0.2) is 0 Å². The highest BCUT2D eigenvalue weighted by atomic mass is 32.2. The van der Waals surface area contributed by atoms with E-state index in [1.54, 1.807) is 4.90 Å². The Morgan fingerprint density at radius 2 is 1.62 bits per heavy atom. The summed E-state index contributed by atoms with van der Waals surface area (Å²) in [7, 11) is -1.53. The van der Waals surface area contributed by atoms with E-state index in [1.807, 2.05) is 50.2 Å². The lowest BCUT2D eigenvalue weighted by atomic mass is 10.1. The van der Waals surface area contributed by atoms with Crippen LogP contribution in [-0.4, -0.2) is 58.6 Å². The maximum absolute atomic E-state index is 12.5. The molecule has 154 valence electrons. The van der Waals surface area contributed by atoms with Crippen molar-refractivity contribution in [3.8, 4) is 0 Å². The topological polar surface area (TPSA) is 69.7 Å². The monoisotopic (exact) mass is 413 g/mol. The Morgan fingerprint density at radius 1 is 0.931 bits per heavy atom. The van der Waals surface area contributed by atoms with Gasteiger partial charge in [-0.15, -0.1) is 0 Å². The summed E-state index contributed by atoms with van der Waals surface area (Å²) in [5.41, 5.74) is 4.04. The van der Waals surface area contributed by atoms with Crippen molar-refractivity contribution in [3.63, 3.8) is 0 Å². The number of hydrogen-bond acceptors (Lipinski definition) is 4. The second-order valence-electron chi connectivity index (χ2n) is 7.28. The van der Waals surface area contributed by atoms with E-state index in [-0.39, 0.29) is 23.3 Å². The quantitative estimate of drug-likeness (QED) is 0.789. The van der Waals surface area contributed by atoms with Gasteiger partial charge in [-0.25, -0.2) is 0 Å². The molecule has 3 rings (SSSR count). The minimum absolute atomic E-state index is 0.119. The summed E-state index contributed by atoms with van der Waals surface area (Å²) in [5.74, 6) is -0.794. The molecule has 0 radical (unpaired) electrons. The number of anilines is 2. The van der Waals surface area contributed by atoms with Crippen molar-refractivity contribution in [3.05, 3.63) is 59.7 Å². The number of benzene rings is 2. The molecule has 0 unspecified atom stereocenters. The summed E-state index contributed by atoms with van der Waals surface area (Å²) in [6.07, 6.45) is 0. The first kappa shape index (κ1) is 21.0. The summed E-state index contributed by atoms with van der Waals surface area (Å²) >= 11 is 0. The molecular weight excluding hydrogens is 386 g/mol. The van der Waals surface area contributed by atoms with E-state index in [2.05, 4.69) is 22.3 Å². The number of nitrogens with one attached hydrogen (secondary N) is 1. The zero-order valence-corrected chi connectivity index (χ0v) is 17.7.